The van der Waals surface area contributed by atoms with Crippen LogP contribution < -0.4 is 20.7 Å². The first-order valence-electron chi connectivity index (χ1n) is 10.2. The number of carbonyl (C=O) groups excluding carboxylic acids is 4. The van der Waals surface area contributed by atoms with E-state index in [4.69, 9.17) is 4.74 Å². The van der Waals surface area contributed by atoms with Crippen molar-refractivity contribution in [2.24, 2.45) is 0 Å². The highest BCUT2D eigenvalue weighted by Crippen LogP contribution is 2.32. The molecular formula is C23H26N4O5. The molecular weight excluding hydrogens is 412 g/mol. The van der Waals surface area contributed by atoms with Gasteiger partial charge in [0, 0.05) is 0 Å². The quantitative estimate of drug-likeness (QED) is 0.545. The number of amides is 5. The maximum atomic E-state index is 13.1. The fourth-order valence-corrected chi connectivity index (χ4v) is 3.62. The van der Waals surface area contributed by atoms with Gasteiger partial charge < -0.3 is 20.7 Å². The minimum atomic E-state index is -1.21. The molecule has 9 heteroatoms. The molecule has 3 N–H and O–H groups in total. The van der Waals surface area contributed by atoms with Crippen molar-refractivity contribution in [3.8, 4) is 5.75 Å². The molecule has 0 radical (unpaired) electrons. The van der Waals surface area contributed by atoms with Gasteiger partial charge in [-0.05, 0) is 36.6 Å². The lowest BCUT2D eigenvalue weighted by molar-refractivity contribution is -0.135. The Bertz CT molecular complexity index is 1040. The van der Waals surface area contributed by atoms with Crippen LogP contribution in [0, 0.1) is 6.92 Å². The van der Waals surface area contributed by atoms with E-state index >= 15 is 0 Å². The van der Waals surface area contributed by atoms with Crippen LogP contribution in [0.5, 0.6) is 5.75 Å². The minimum absolute atomic E-state index is 0.322. The molecule has 1 saturated heterocycles. The molecule has 0 aromatic heterocycles. The lowest BCUT2D eigenvalue weighted by Crippen LogP contribution is -2.45. The molecule has 32 heavy (non-hydrogen) atoms. The van der Waals surface area contributed by atoms with E-state index in [1.807, 2.05) is 19.1 Å². The van der Waals surface area contributed by atoms with E-state index in [0.29, 0.717) is 23.4 Å². The summed E-state index contributed by atoms with van der Waals surface area (Å²) < 4.78 is 5.22. The summed E-state index contributed by atoms with van der Waals surface area (Å²) in [5.41, 5.74) is 0.853. The van der Waals surface area contributed by atoms with Crippen molar-refractivity contribution in [3.63, 3.8) is 0 Å². The number of hydrogen-bond donors (Lipinski definition) is 3. The van der Waals surface area contributed by atoms with E-state index in [9.17, 15) is 19.2 Å². The highest BCUT2D eigenvalue weighted by molar-refractivity contribution is 6.09. The van der Waals surface area contributed by atoms with Crippen LogP contribution in [0.1, 0.15) is 24.5 Å². The number of urea groups is 1. The second-order valence-electron chi connectivity index (χ2n) is 7.48. The molecule has 3 rings (SSSR count). The highest BCUT2D eigenvalue weighted by atomic mass is 16.5. The van der Waals surface area contributed by atoms with E-state index in [1.165, 1.54) is 7.11 Å². The number of aryl methyl sites for hydroxylation is 1. The highest BCUT2D eigenvalue weighted by Gasteiger charge is 2.51. The van der Waals surface area contributed by atoms with Gasteiger partial charge >= 0.3 is 6.03 Å². The number of rotatable bonds is 8. The molecule has 1 aliphatic heterocycles. The first-order chi connectivity index (χ1) is 15.3. The summed E-state index contributed by atoms with van der Waals surface area (Å²) in [5, 5.41) is 7.83. The molecule has 9 nitrogen and oxygen atoms in total. The van der Waals surface area contributed by atoms with Crippen LogP contribution in [0.4, 0.5) is 10.5 Å². The first-order valence-corrected chi connectivity index (χ1v) is 10.2. The lowest BCUT2D eigenvalue weighted by Gasteiger charge is -2.25. The number of methoxy groups -OCH3 is 1. The third-order valence-electron chi connectivity index (χ3n) is 5.35. The average molecular weight is 438 g/mol. The van der Waals surface area contributed by atoms with Crippen LogP contribution in [0.2, 0.25) is 0 Å². The second kappa shape index (κ2) is 9.51. The minimum Gasteiger partial charge on any atom is -0.495 e. The number of anilines is 1. The lowest BCUT2D eigenvalue weighted by atomic mass is 9.87. The van der Waals surface area contributed by atoms with Crippen LogP contribution in [0.25, 0.3) is 0 Å². The fourth-order valence-electron chi connectivity index (χ4n) is 3.62. The Kier molecular flexibility index (Phi) is 6.77. The predicted octanol–water partition coefficient (Wildman–Crippen LogP) is 1.92. The van der Waals surface area contributed by atoms with Crippen molar-refractivity contribution in [1.29, 1.82) is 0 Å². The number of carbonyl (C=O) groups is 4. The zero-order valence-corrected chi connectivity index (χ0v) is 18.2. The number of imide groups is 1. The topological polar surface area (TPSA) is 117 Å². The van der Waals surface area contributed by atoms with E-state index < -0.39 is 35.8 Å². The van der Waals surface area contributed by atoms with Crippen LogP contribution in [0.15, 0.2) is 48.5 Å². The number of ether oxygens (including phenoxy) is 1. The summed E-state index contributed by atoms with van der Waals surface area (Å²) in [6.07, 6.45) is 0.334. The Hall–Kier alpha value is -3.88. The van der Waals surface area contributed by atoms with Crippen molar-refractivity contribution in [2.45, 2.75) is 25.8 Å². The molecule has 0 spiro atoms. The summed E-state index contributed by atoms with van der Waals surface area (Å²) in [5.74, 6) is -1.10. The largest absolute Gasteiger partial charge is 0.495 e. The van der Waals surface area contributed by atoms with Gasteiger partial charge in [0.25, 0.3) is 5.91 Å². The predicted molar refractivity (Wildman–Crippen MR) is 118 cm³/mol. The first kappa shape index (κ1) is 22.8. The maximum absolute atomic E-state index is 13.1. The van der Waals surface area contributed by atoms with Gasteiger partial charge in [-0.25, -0.2) is 4.79 Å². The van der Waals surface area contributed by atoms with Crippen molar-refractivity contribution in [2.75, 3.05) is 25.5 Å². The molecule has 0 aliphatic carbocycles. The van der Waals surface area contributed by atoms with Crippen molar-refractivity contribution < 1.29 is 23.9 Å². The van der Waals surface area contributed by atoms with E-state index in [0.717, 1.165) is 10.5 Å². The molecule has 168 valence electrons. The van der Waals surface area contributed by atoms with Gasteiger partial charge in [0.1, 0.15) is 17.8 Å². The average Bonchev–Trinajstić information content (AvgIpc) is 3.03. The molecule has 1 heterocycles. The molecule has 1 atom stereocenters. The van der Waals surface area contributed by atoms with Crippen LogP contribution >= 0.6 is 0 Å². The molecule has 2 aromatic rings. The Labute approximate surface area is 186 Å². The van der Waals surface area contributed by atoms with Gasteiger partial charge in [-0.15, -0.1) is 0 Å². The van der Waals surface area contributed by atoms with E-state index in [2.05, 4.69) is 16.0 Å². The van der Waals surface area contributed by atoms with Gasteiger partial charge in [-0.1, -0.05) is 43.3 Å². The molecule has 0 bridgehead atoms. The molecule has 1 unspecified atom stereocenters. The number of hydrogen-bond acceptors (Lipinski definition) is 5. The fraction of sp³-hybridized carbons (Fsp3) is 0.304. The summed E-state index contributed by atoms with van der Waals surface area (Å²) >= 11 is 0. The Morgan fingerprint density at radius 1 is 1.09 bits per heavy atom. The standard InChI is InChI=1S/C23H26N4O5/c1-4-23(16-8-6-5-7-9-16)21(30)27(22(31)26-23)14-20(29)24-13-19(28)25-17-12-15(2)10-11-18(17)32-3/h5-12H,4,13-14H2,1-3H3,(H,24,29)(H,25,28)(H,26,31). The normalized spacial score (nSPS) is 17.7. The Balaban J connectivity index is 1.60. The SMILES string of the molecule is CCC1(c2ccccc2)NC(=O)N(CC(=O)NCC(=O)Nc2cc(C)ccc2OC)C1=O. The van der Waals surface area contributed by atoms with Crippen LogP contribution in [-0.4, -0.2) is 48.9 Å². The Morgan fingerprint density at radius 3 is 2.47 bits per heavy atom. The van der Waals surface area contributed by atoms with Crippen molar-refractivity contribution >= 4 is 29.4 Å². The van der Waals surface area contributed by atoms with Crippen LogP contribution in [0.3, 0.4) is 0 Å². The zero-order chi connectivity index (χ0) is 23.3. The summed E-state index contributed by atoms with van der Waals surface area (Å²) in [4.78, 5) is 51.0. The van der Waals surface area contributed by atoms with Gasteiger partial charge in [-0.3, -0.25) is 19.3 Å². The van der Waals surface area contributed by atoms with Gasteiger partial charge in [-0.2, -0.15) is 0 Å². The monoisotopic (exact) mass is 438 g/mol. The van der Waals surface area contributed by atoms with Gasteiger partial charge in [0.15, 0.2) is 0 Å². The number of nitrogens with one attached hydrogen (secondary N) is 3. The van der Waals surface area contributed by atoms with Gasteiger partial charge in [0.05, 0.1) is 19.3 Å². The number of benzene rings is 2. The number of nitrogens with zero attached hydrogens (tertiary/aromatic N) is 1. The molecule has 2 aromatic carbocycles. The molecule has 5 amide bonds. The van der Waals surface area contributed by atoms with E-state index in [-0.39, 0.29) is 6.54 Å². The summed E-state index contributed by atoms with van der Waals surface area (Å²) in [6, 6.07) is 13.6. The van der Waals surface area contributed by atoms with Gasteiger partial charge in [0.2, 0.25) is 11.8 Å². The smallest absolute Gasteiger partial charge is 0.325 e. The summed E-state index contributed by atoms with van der Waals surface area (Å²) in [7, 11) is 1.49. The molecule has 0 saturated carbocycles. The zero-order valence-electron chi connectivity index (χ0n) is 18.2. The van der Waals surface area contributed by atoms with Crippen molar-refractivity contribution in [1.82, 2.24) is 15.5 Å². The summed E-state index contributed by atoms with van der Waals surface area (Å²) in [6.45, 7) is 2.86. The molecule has 1 fully saturated rings. The third kappa shape index (κ3) is 4.56. The Morgan fingerprint density at radius 2 is 1.81 bits per heavy atom. The van der Waals surface area contributed by atoms with Crippen LogP contribution in [-0.2, 0) is 19.9 Å². The van der Waals surface area contributed by atoms with Crippen molar-refractivity contribution in [3.05, 3.63) is 59.7 Å². The maximum Gasteiger partial charge on any atom is 0.325 e. The third-order valence-corrected chi connectivity index (χ3v) is 5.35. The molecule has 1 aliphatic rings. The van der Waals surface area contributed by atoms with E-state index in [1.54, 1.807) is 43.3 Å². The second-order valence-corrected chi connectivity index (χ2v) is 7.48.